The van der Waals surface area contributed by atoms with Gasteiger partial charge in [0.25, 0.3) is 10.1 Å². The number of unbranched alkanes of at least 4 members (excludes halogenated alkanes) is 3. The van der Waals surface area contributed by atoms with E-state index in [-0.39, 0.29) is 71.3 Å². The molecule has 1 unspecified atom stereocenters. The average molecular weight is 406 g/mol. The van der Waals surface area contributed by atoms with E-state index in [0.29, 0.717) is 0 Å². The Kier molecular flexibility index (Phi) is 15.0. The summed E-state index contributed by atoms with van der Waals surface area (Å²) in [6.07, 6.45) is 13.2. The molecule has 1 rings (SSSR count). The summed E-state index contributed by atoms with van der Waals surface area (Å²) in [6.45, 7) is 3.11. The molecule has 0 spiro atoms. The van der Waals surface area contributed by atoms with E-state index in [2.05, 4.69) is 5.32 Å². The van der Waals surface area contributed by atoms with E-state index in [9.17, 15) is 8.42 Å². The van der Waals surface area contributed by atoms with Crippen LogP contribution in [0.1, 0.15) is 79.0 Å². The van der Waals surface area contributed by atoms with Crippen molar-refractivity contribution in [2.75, 3.05) is 12.3 Å². The van der Waals surface area contributed by atoms with Gasteiger partial charge in [-0.2, -0.15) is 8.42 Å². The van der Waals surface area contributed by atoms with Crippen molar-refractivity contribution in [2.24, 2.45) is 5.92 Å². The van der Waals surface area contributed by atoms with Gasteiger partial charge in [0.15, 0.2) is 0 Å². The number of hydrogen-bond acceptors (Lipinski definition) is 3. The quantitative estimate of drug-likeness (QED) is 0.396. The zero-order valence-electron chi connectivity index (χ0n) is 15.5. The molecule has 1 atom stereocenters. The maximum absolute atomic E-state index is 10.9. The van der Waals surface area contributed by atoms with Gasteiger partial charge in [0, 0.05) is 6.04 Å². The molecule has 0 aromatic heterocycles. The molecule has 0 aliphatic heterocycles. The van der Waals surface area contributed by atoms with Crippen molar-refractivity contribution in [2.45, 2.75) is 83.6 Å². The Labute approximate surface area is 187 Å². The Morgan fingerprint density at radius 1 is 1.14 bits per heavy atom. The molecule has 0 aromatic carbocycles. The molecule has 0 amide bonds. The predicted molar refractivity (Wildman–Crippen MR) is 89.3 cm³/mol. The summed E-state index contributed by atoms with van der Waals surface area (Å²) >= 11 is 0. The molecule has 0 bridgehead atoms. The van der Waals surface area contributed by atoms with Gasteiger partial charge in [0.2, 0.25) is 0 Å². The van der Waals surface area contributed by atoms with Crippen LogP contribution < -0.4 is 63.5 Å². The third-order valence-corrected chi connectivity index (χ3v) is 5.49. The normalized spacial score (nSPS) is 17.9. The monoisotopic (exact) mass is 405 g/mol. The van der Waals surface area contributed by atoms with Crippen LogP contribution in [0.3, 0.4) is 0 Å². The van der Waals surface area contributed by atoms with Gasteiger partial charge in [0.1, 0.15) is 0 Å². The van der Waals surface area contributed by atoms with Crippen LogP contribution in [-0.4, -0.2) is 31.3 Å². The third kappa shape index (κ3) is 13.0. The van der Waals surface area contributed by atoms with Gasteiger partial charge < -0.3 is 6.74 Å². The molecular formula is C16H34NO3RbS. The first-order valence-corrected chi connectivity index (χ1v) is 10.3. The smallest absolute Gasteiger partial charge is 1.00 e. The summed E-state index contributed by atoms with van der Waals surface area (Å²) < 4.78 is 30.6. The summed E-state index contributed by atoms with van der Waals surface area (Å²) in [5, 5.41) is 3.65. The zero-order valence-corrected chi connectivity index (χ0v) is 20.3. The second-order valence-electron chi connectivity index (χ2n) is 6.51. The van der Waals surface area contributed by atoms with Gasteiger partial charge in [-0.3, -0.25) is 4.55 Å². The molecule has 128 valence electrons. The van der Waals surface area contributed by atoms with E-state index in [4.69, 9.17) is 4.55 Å². The molecule has 1 fully saturated rings. The van der Waals surface area contributed by atoms with E-state index in [0.717, 1.165) is 38.3 Å². The van der Waals surface area contributed by atoms with Gasteiger partial charge in [-0.25, -0.2) is 0 Å². The minimum atomic E-state index is -3.81. The topological polar surface area (TPSA) is 66.4 Å². The molecule has 1 aliphatic carbocycles. The van der Waals surface area contributed by atoms with E-state index in [1.807, 2.05) is 6.92 Å². The molecule has 0 radical (unpaired) electrons. The van der Waals surface area contributed by atoms with Crippen LogP contribution in [0.15, 0.2) is 0 Å². The van der Waals surface area contributed by atoms with E-state index >= 15 is 0 Å². The van der Waals surface area contributed by atoms with Crippen molar-refractivity contribution < 1.29 is 72.6 Å². The Balaban J connectivity index is 0. The maximum atomic E-state index is 10.9. The molecular weight excluding hydrogens is 372 g/mol. The van der Waals surface area contributed by atoms with Crippen molar-refractivity contribution in [3.63, 3.8) is 0 Å². The molecule has 1 saturated carbocycles. The standard InChI is InChI=1S/C16H33NO3S.Rb.H/c1-2-15(14-21(18,19)20)10-6-3-4-9-13-17-16-11-7-5-8-12-16;;/h15-17H,2-14H2,1H3,(H,18,19,20);;/q;+1;-1. The van der Waals surface area contributed by atoms with Gasteiger partial charge in [0.05, 0.1) is 5.75 Å². The molecule has 0 aromatic rings. The maximum Gasteiger partial charge on any atom is 1.00 e. The van der Waals surface area contributed by atoms with Crippen molar-refractivity contribution in [3.8, 4) is 0 Å². The van der Waals surface area contributed by atoms with Crippen LogP contribution in [0.2, 0.25) is 0 Å². The van der Waals surface area contributed by atoms with Gasteiger partial charge in [-0.1, -0.05) is 51.9 Å². The van der Waals surface area contributed by atoms with E-state index in [1.165, 1.54) is 44.9 Å². The minimum absolute atomic E-state index is 0. The third-order valence-electron chi connectivity index (χ3n) is 4.60. The first kappa shape index (κ1) is 23.7. The van der Waals surface area contributed by atoms with Crippen molar-refractivity contribution >= 4 is 10.1 Å². The summed E-state index contributed by atoms with van der Waals surface area (Å²) in [6, 6.07) is 0.748. The van der Waals surface area contributed by atoms with Crippen molar-refractivity contribution in [3.05, 3.63) is 0 Å². The van der Waals surface area contributed by atoms with Crippen molar-refractivity contribution in [1.29, 1.82) is 0 Å². The fraction of sp³-hybridized carbons (Fsp3) is 1.00. The molecule has 0 heterocycles. The largest absolute Gasteiger partial charge is 1.00 e. The fourth-order valence-electron chi connectivity index (χ4n) is 3.23. The Bertz CT molecular complexity index is 362. The minimum Gasteiger partial charge on any atom is -1.00 e. The number of nitrogens with one attached hydrogen (secondary N) is 1. The summed E-state index contributed by atoms with van der Waals surface area (Å²) in [4.78, 5) is 0. The van der Waals surface area contributed by atoms with Crippen LogP contribution in [0.4, 0.5) is 0 Å². The Morgan fingerprint density at radius 3 is 2.36 bits per heavy atom. The fourth-order valence-corrected chi connectivity index (χ4v) is 4.23. The molecule has 22 heavy (non-hydrogen) atoms. The summed E-state index contributed by atoms with van der Waals surface area (Å²) in [5.41, 5.74) is 0. The van der Waals surface area contributed by atoms with E-state index in [1.54, 1.807) is 0 Å². The molecule has 2 N–H and O–H groups in total. The number of rotatable bonds is 11. The van der Waals surface area contributed by atoms with Crippen LogP contribution in [-0.2, 0) is 10.1 Å². The number of hydrogen-bond donors (Lipinski definition) is 2. The zero-order chi connectivity index (χ0) is 15.6. The van der Waals surface area contributed by atoms with Crippen LogP contribution in [0, 0.1) is 5.92 Å². The first-order valence-electron chi connectivity index (χ1n) is 8.70. The molecule has 6 heteroatoms. The van der Waals surface area contributed by atoms with Gasteiger partial charge >= 0.3 is 58.2 Å². The summed E-state index contributed by atoms with van der Waals surface area (Å²) in [5.74, 6) is 0.0348. The second kappa shape index (κ2) is 13.9. The van der Waals surface area contributed by atoms with Crippen LogP contribution >= 0.6 is 0 Å². The Hall–Kier alpha value is 1.68. The average Bonchev–Trinajstić information content (AvgIpc) is 2.45. The van der Waals surface area contributed by atoms with Crippen LogP contribution in [0.25, 0.3) is 0 Å². The molecule has 4 nitrogen and oxygen atoms in total. The van der Waals surface area contributed by atoms with E-state index < -0.39 is 10.1 Å². The second-order valence-corrected chi connectivity index (χ2v) is 8.01. The van der Waals surface area contributed by atoms with Crippen molar-refractivity contribution in [1.82, 2.24) is 5.32 Å². The Morgan fingerprint density at radius 2 is 1.77 bits per heavy atom. The molecule has 1 aliphatic rings. The SMILES string of the molecule is CCC(CCCCCCNC1CCCCC1)CS(=O)(=O)O.[H-].[Rb+]. The van der Waals surface area contributed by atoms with Gasteiger partial charge in [-0.05, 0) is 38.1 Å². The van der Waals surface area contributed by atoms with Crippen LogP contribution in [0.5, 0.6) is 0 Å². The van der Waals surface area contributed by atoms with Gasteiger partial charge in [-0.15, -0.1) is 0 Å². The predicted octanol–water partition coefficient (Wildman–Crippen LogP) is 0.890. The first-order chi connectivity index (χ1) is 10.0. The summed E-state index contributed by atoms with van der Waals surface area (Å²) in [7, 11) is -3.81. The molecule has 0 saturated heterocycles.